The topological polar surface area (TPSA) is 12.0 Å². The summed E-state index contributed by atoms with van der Waals surface area (Å²) in [6.45, 7) is 15.2. The number of unbranched alkanes of at least 4 members (excludes halogenated alkanes) is 1. The molecule has 0 radical (unpaired) electrons. The van der Waals surface area contributed by atoms with Gasteiger partial charge < -0.3 is 5.32 Å². The van der Waals surface area contributed by atoms with Crippen molar-refractivity contribution >= 4 is 0 Å². The predicted octanol–water partition coefficient (Wildman–Crippen LogP) is 6.18. The number of hydrogen-bond acceptors (Lipinski definition) is 1. The summed E-state index contributed by atoms with van der Waals surface area (Å²) in [6, 6.07) is 0. The van der Waals surface area contributed by atoms with E-state index >= 15 is 0 Å². The molecule has 0 aromatic heterocycles. The Morgan fingerprint density at radius 2 is 1.76 bits per heavy atom. The van der Waals surface area contributed by atoms with Crippen molar-refractivity contribution in [3.63, 3.8) is 0 Å². The van der Waals surface area contributed by atoms with Crippen LogP contribution in [0.3, 0.4) is 0 Å². The van der Waals surface area contributed by atoms with Crippen molar-refractivity contribution in [1.82, 2.24) is 5.32 Å². The maximum Gasteiger partial charge on any atom is 0.00967 e. The van der Waals surface area contributed by atoms with Gasteiger partial charge in [0.15, 0.2) is 0 Å². The fraction of sp³-hybridized carbons (Fsp3) is 1.00. The van der Waals surface area contributed by atoms with Gasteiger partial charge in [-0.3, -0.25) is 0 Å². The highest BCUT2D eigenvalue weighted by Crippen LogP contribution is 2.45. The van der Waals surface area contributed by atoms with E-state index in [0.717, 1.165) is 11.8 Å². The Bertz CT molecular complexity index is 268. The first-order valence-electron chi connectivity index (χ1n) is 9.55. The van der Waals surface area contributed by atoms with Gasteiger partial charge in [0.1, 0.15) is 0 Å². The summed E-state index contributed by atoms with van der Waals surface area (Å²) in [6.07, 6.45) is 12.9. The molecule has 0 aromatic rings. The molecule has 0 aliphatic heterocycles. The lowest BCUT2D eigenvalue weighted by molar-refractivity contribution is 0.0994. The van der Waals surface area contributed by atoms with Crippen LogP contribution in [0.25, 0.3) is 0 Å². The van der Waals surface area contributed by atoms with Gasteiger partial charge in [-0.2, -0.15) is 0 Å². The summed E-state index contributed by atoms with van der Waals surface area (Å²) in [7, 11) is 0. The van der Waals surface area contributed by atoms with Crippen molar-refractivity contribution in [2.45, 2.75) is 105 Å². The minimum absolute atomic E-state index is 0.251. The molecule has 0 aromatic carbocycles. The van der Waals surface area contributed by atoms with Crippen LogP contribution in [0.5, 0.6) is 0 Å². The minimum atomic E-state index is 0.251. The highest BCUT2D eigenvalue weighted by atomic mass is 15.0. The number of rotatable bonds is 8. The molecule has 21 heavy (non-hydrogen) atoms. The lowest BCUT2D eigenvalue weighted by Crippen LogP contribution is -2.46. The Morgan fingerprint density at radius 3 is 2.24 bits per heavy atom. The van der Waals surface area contributed by atoms with Gasteiger partial charge in [-0.05, 0) is 70.1 Å². The molecule has 1 N–H and O–H groups in total. The highest BCUT2D eigenvalue weighted by molar-refractivity contribution is 4.90. The molecule has 1 saturated carbocycles. The quantitative estimate of drug-likeness (QED) is 0.564. The number of hydrogen-bond donors (Lipinski definition) is 1. The van der Waals surface area contributed by atoms with E-state index in [9.17, 15) is 0 Å². The zero-order valence-electron chi connectivity index (χ0n) is 15.7. The second kappa shape index (κ2) is 8.56. The van der Waals surface area contributed by atoms with Crippen molar-refractivity contribution in [2.75, 3.05) is 6.54 Å². The van der Waals surface area contributed by atoms with Crippen LogP contribution in [0.15, 0.2) is 0 Å². The van der Waals surface area contributed by atoms with Crippen molar-refractivity contribution in [2.24, 2.45) is 17.3 Å². The van der Waals surface area contributed by atoms with E-state index in [-0.39, 0.29) is 5.54 Å². The van der Waals surface area contributed by atoms with Gasteiger partial charge >= 0.3 is 0 Å². The van der Waals surface area contributed by atoms with Gasteiger partial charge in [0, 0.05) is 12.1 Å². The molecule has 0 amide bonds. The third-order valence-corrected chi connectivity index (χ3v) is 5.60. The van der Waals surface area contributed by atoms with E-state index < -0.39 is 0 Å². The predicted molar refractivity (Wildman–Crippen MR) is 95.7 cm³/mol. The average Bonchev–Trinajstić information content (AvgIpc) is 2.44. The second-order valence-electron chi connectivity index (χ2n) is 8.91. The largest absolute Gasteiger partial charge is 0.312 e. The van der Waals surface area contributed by atoms with Crippen molar-refractivity contribution in [3.05, 3.63) is 0 Å². The van der Waals surface area contributed by atoms with Gasteiger partial charge in [-0.1, -0.05) is 46.5 Å². The van der Waals surface area contributed by atoms with Crippen molar-refractivity contribution in [1.29, 1.82) is 0 Å². The summed E-state index contributed by atoms with van der Waals surface area (Å²) < 4.78 is 0. The summed E-state index contributed by atoms with van der Waals surface area (Å²) in [5, 5.41) is 3.82. The summed E-state index contributed by atoms with van der Waals surface area (Å²) in [5.41, 5.74) is 0.826. The molecule has 0 bridgehead atoms. The normalized spacial score (nSPS) is 28.6. The molecule has 126 valence electrons. The molecule has 1 aliphatic rings. The van der Waals surface area contributed by atoms with Crippen LogP contribution in [-0.2, 0) is 0 Å². The van der Waals surface area contributed by atoms with Crippen LogP contribution in [0.4, 0.5) is 0 Å². The zero-order chi connectivity index (χ0) is 15.9. The molecule has 0 heterocycles. The first kappa shape index (κ1) is 19.0. The third kappa shape index (κ3) is 7.17. The third-order valence-electron chi connectivity index (χ3n) is 5.60. The monoisotopic (exact) mass is 295 g/mol. The van der Waals surface area contributed by atoms with Gasteiger partial charge in [0.25, 0.3) is 0 Å². The second-order valence-corrected chi connectivity index (χ2v) is 8.91. The summed E-state index contributed by atoms with van der Waals surface area (Å²) >= 11 is 0. The Balaban J connectivity index is 2.58. The molecule has 1 rings (SSSR count). The van der Waals surface area contributed by atoms with Crippen LogP contribution in [0, 0.1) is 17.3 Å². The lowest BCUT2D eigenvalue weighted by atomic mass is 9.65. The van der Waals surface area contributed by atoms with Crippen LogP contribution < -0.4 is 5.32 Å². The Kier molecular flexibility index (Phi) is 7.74. The fourth-order valence-electron chi connectivity index (χ4n) is 3.86. The molecule has 0 spiro atoms. The summed E-state index contributed by atoms with van der Waals surface area (Å²) in [5.74, 6) is 1.89. The molecule has 1 fully saturated rings. The Morgan fingerprint density at radius 1 is 1.14 bits per heavy atom. The molecule has 1 aliphatic carbocycles. The average molecular weight is 296 g/mol. The Hall–Kier alpha value is -0.0400. The van der Waals surface area contributed by atoms with Crippen molar-refractivity contribution < 1.29 is 0 Å². The van der Waals surface area contributed by atoms with Gasteiger partial charge in [0.2, 0.25) is 0 Å². The first-order chi connectivity index (χ1) is 9.80. The molecular weight excluding hydrogens is 254 g/mol. The number of nitrogens with one attached hydrogen (secondary N) is 1. The SMILES string of the molecule is CCCCC1CCC(CNC(C)(C)C)(CC(C)CC)CC1. The van der Waals surface area contributed by atoms with Crippen LogP contribution in [0.2, 0.25) is 0 Å². The molecule has 1 unspecified atom stereocenters. The standard InChI is InChI=1S/C20H41N/c1-7-9-10-18-11-13-20(14-12-18,15-17(3)8-2)16-21-19(4,5)6/h17-18,21H,7-16H2,1-6H3. The van der Waals surface area contributed by atoms with E-state index in [0.29, 0.717) is 5.41 Å². The van der Waals surface area contributed by atoms with Crippen LogP contribution in [-0.4, -0.2) is 12.1 Å². The van der Waals surface area contributed by atoms with Crippen LogP contribution in [0.1, 0.15) is 99.3 Å². The minimum Gasteiger partial charge on any atom is -0.312 e. The first-order valence-corrected chi connectivity index (χ1v) is 9.55. The lowest BCUT2D eigenvalue weighted by Gasteiger charge is -2.43. The van der Waals surface area contributed by atoms with E-state index in [4.69, 9.17) is 0 Å². The molecular formula is C20H41N. The van der Waals surface area contributed by atoms with Crippen LogP contribution >= 0.6 is 0 Å². The molecule has 1 nitrogen and oxygen atoms in total. The molecule has 1 atom stereocenters. The maximum absolute atomic E-state index is 3.82. The van der Waals surface area contributed by atoms with Crippen molar-refractivity contribution in [3.8, 4) is 0 Å². The Labute approximate surface area is 134 Å². The highest BCUT2D eigenvalue weighted by Gasteiger charge is 2.36. The molecule has 0 saturated heterocycles. The maximum atomic E-state index is 3.82. The van der Waals surface area contributed by atoms with E-state index in [1.165, 1.54) is 64.3 Å². The zero-order valence-corrected chi connectivity index (χ0v) is 15.7. The summed E-state index contributed by atoms with van der Waals surface area (Å²) in [4.78, 5) is 0. The van der Waals surface area contributed by atoms with Gasteiger partial charge in [0.05, 0.1) is 0 Å². The van der Waals surface area contributed by atoms with E-state index in [1.54, 1.807) is 0 Å². The fourth-order valence-corrected chi connectivity index (χ4v) is 3.86. The van der Waals surface area contributed by atoms with Gasteiger partial charge in [-0.15, -0.1) is 0 Å². The van der Waals surface area contributed by atoms with E-state index in [2.05, 4.69) is 46.9 Å². The van der Waals surface area contributed by atoms with E-state index in [1.807, 2.05) is 0 Å². The smallest absolute Gasteiger partial charge is 0.00967 e. The molecule has 1 heteroatoms. The van der Waals surface area contributed by atoms with Gasteiger partial charge in [-0.25, -0.2) is 0 Å².